The minimum Gasteiger partial charge on any atom is -0.493 e. The predicted molar refractivity (Wildman–Crippen MR) is 91.0 cm³/mol. The number of carbonyl (C=O) groups excluding carboxylic acids is 1. The number of benzene rings is 1. The normalized spacial score (nSPS) is 17.4. The fraction of sp³-hybridized carbons (Fsp3) is 0.533. The maximum Gasteiger partial charge on any atom is 0.226 e. The molecule has 1 heterocycles. The van der Waals surface area contributed by atoms with Crippen molar-refractivity contribution in [2.24, 2.45) is 0 Å². The van der Waals surface area contributed by atoms with Crippen LogP contribution in [0.1, 0.15) is 12.8 Å². The third kappa shape index (κ3) is 5.67. The van der Waals surface area contributed by atoms with Gasteiger partial charge in [0, 0.05) is 25.9 Å². The van der Waals surface area contributed by atoms with Crippen LogP contribution in [0.3, 0.4) is 0 Å². The van der Waals surface area contributed by atoms with E-state index in [2.05, 4.69) is 5.32 Å². The second kappa shape index (κ2) is 8.52. The Bertz CT molecular complexity index is 613. The number of amides is 1. The molecule has 0 aliphatic carbocycles. The number of ether oxygens (including phenoxy) is 1. The van der Waals surface area contributed by atoms with Crippen molar-refractivity contribution in [2.75, 3.05) is 33.0 Å². The van der Waals surface area contributed by atoms with Gasteiger partial charge >= 0.3 is 0 Å². The van der Waals surface area contributed by atoms with Gasteiger partial charge in [-0.3, -0.25) is 4.79 Å². The van der Waals surface area contributed by atoms with E-state index in [1.807, 2.05) is 7.05 Å². The highest BCUT2D eigenvalue weighted by molar-refractivity contribution is 7.90. The molecule has 1 N–H and O–H groups in total. The minimum atomic E-state index is -3.20. The van der Waals surface area contributed by atoms with Gasteiger partial charge in [0.2, 0.25) is 5.91 Å². The third-order valence-corrected chi connectivity index (χ3v) is 4.94. The fourth-order valence-corrected chi connectivity index (χ4v) is 3.02. The molecule has 1 aliphatic rings. The van der Waals surface area contributed by atoms with Gasteiger partial charge in [0.05, 0.1) is 17.9 Å². The molecule has 8 heteroatoms. The van der Waals surface area contributed by atoms with Gasteiger partial charge < -0.3 is 15.0 Å². The van der Waals surface area contributed by atoms with Crippen molar-refractivity contribution in [3.8, 4) is 5.75 Å². The number of carbonyl (C=O) groups is 1. The number of nitrogens with one attached hydrogen (secondary N) is 1. The molecule has 0 spiro atoms. The Labute approximate surface area is 143 Å². The molecule has 1 fully saturated rings. The summed E-state index contributed by atoms with van der Waals surface area (Å²) in [6.07, 6.45) is 2.45. The molecule has 1 aliphatic heterocycles. The van der Waals surface area contributed by atoms with Crippen molar-refractivity contribution in [3.05, 3.63) is 24.3 Å². The summed E-state index contributed by atoms with van der Waals surface area (Å²) in [5, 5.41) is 3.23. The molecule has 1 amide bonds. The first-order valence-electron chi connectivity index (χ1n) is 7.27. The van der Waals surface area contributed by atoms with Gasteiger partial charge in [-0.25, -0.2) is 8.42 Å². The highest BCUT2D eigenvalue weighted by atomic mass is 35.5. The summed E-state index contributed by atoms with van der Waals surface area (Å²) in [6, 6.07) is 6.48. The maximum atomic E-state index is 12.0. The van der Waals surface area contributed by atoms with Crippen molar-refractivity contribution < 1.29 is 17.9 Å². The topological polar surface area (TPSA) is 75.7 Å². The number of sulfone groups is 1. The zero-order valence-electron chi connectivity index (χ0n) is 13.3. The molecule has 0 radical (unpaired) electrons. The first kappa shape index (κ1) is 19.7. The Balaban J connectivity index is 0.00000264. The minimum absolute atomic E-state index is 0. The van der Waals surface area contributed by atoms with Gasteiger partial charge in [0.25, 0.3) is 0 Å². The van der Waals surface area contributed by atoms with E-state index in [0.29, 0.717) is 12.2 Å². The van der Waals surface area contributed by atoms with Gasteiger partial charge in [-0.15, -0.1) is 12.4 Å². The molecule has 0 bridgehead atoms. The second-order valence-corrected chi connectivity index (χ2v) is 7.51. The van der Waals surface area contributed by atoms with E-state index < -0.39 is 9.84 Å². The SMILES string of the molecule is CN(C(=O)CCOc1ccc(S(C)(=O)=O)cc1)C1CCNC1.Cl. The molecule has 1 saturated heterocycles. The van der Waals surface area contributed by atoms with Gasteiger partial charge in [0.15, 0.2) is 9.84 Å². The van der Waals surface area contributed by atoms with Crippen molar-refractivity contribution in [1.82, 2.24) is 10.2 Å². The Morgan fingerprint density at radius 3 is 2.52 bits per heavy atom. The lowest BCUT2D eigenvalue weighted by molar-refractivity contribution is -0.132. The average molecular weight is 363 g/mol. The zero-order valence-corrected chi connectivity index (χ0v) is 15.0. The molecule has 23 heavy (non-hydrogen) atoms. The second-order valence-electron chi connectivity index (χ2n) is 5.49. The predicted octanol–water partition coefficient (Wildman–Crippen LogP) is 1.10. The van der Waals surface area contributed by atoms with Crippen LogP contribution < -0.4 is 10.1 Å². The van der Waals surface area contributed by atoms with E-state index in [4.69, 9.17) is 4.74 Å². The summed E-state index contributed by atoms with van der Waals surface area (Å²) >= 11 is 0. The Kier molecular flexibility index (Phi) is 7.31. The number of halogens is 1. The average Bonchev–Trinajstić information content (AvgIpc) is 3.00. The van der Waals surface area contributed by atoms with E-state index >= 15 is 0 Å². The quantitative estimate of drug-likeness (QED) is 0.820. The van der Waals surface area contributed by atoms with Crippen LogP contribution in [-0.4, -0.2) is 58.3 Å². The van der Waals surface area contributed by atoms with Gasteiger partial charge in [-0.2, -0.15) is 0 Å². The first-order chi connectivity index (χ1) is 10.4. The van der Waals surface area contributed by atoms with Crippen LogP contribution in [0.2, 0.25) is 0 Å². The number of nitrogens with zero attached hydrogens (tertiary/aromatic N) is 1. The lowest BCUT2D eigenvalue weighted by atomic mass is 10.2. The summed E-state index contributed by atoms with van der Waals surface area (Å²) in [4.78, 5) is 14.1. The molecule has 1 aromatic carbocycles. The summed E-state index contributed by atoms with van der Waals surface area (Å²) in [5.41, 5.74) is 0. The van der Waals surface area contributed by atoms with Gasteiger partial charge in [-0.1, -0.05) is 0 Å². The lowest BCUT2D eigenvalue weighted by Gasteiger charge is -2.23. The van der Waals surface area contributed by atoms with Crippen LogP contribution in [0, 0.1) is 0 Å². The summed E-state index contributed by atoms with van der Waals surface area (Å²) < 4.78 is 28.2. The molecule has 1 unspecified atom stereocenters. The summed E-state index contributed by atoms with van der Waals surface area (Å²) in [7, 11) is -1.38. The largest absolute Gasteiger partial charge is 0.493 e. The monoisotopic (exact) mass is 362 g/mol. The van der Waals surface area contributed by atoms with Crippen LogP contribution in [-0.2, 0) is 14.6 Å². The smallest absolute Gasteiger partial charge is 0.226 e. The number of hydrogen-bond donors (Lipinski definition) is 1. The zero-order chi connectivity index (χ0) is 16.2. The number of rotatable bonds is 6. The molecular weight excluding hydrogens is 340 g/mol. The molecule has 0 aromatic heterocycles. The van der Waals surface area contributed by atoms with Crippen LogP contribution in [0.5, 0.6) is 5.75 Å². The molecular formula is C15H23ClN2O4S. The molecule has 130 valence electrons. The molecule has 2 rings (SSSR count). The van der Waals surface area contributed by atoms with E-state index in [1.54, 1.807) is 17.0 Å². The first-order valence-corrected chi connectivity index (χ1v) is 9.16. The van der Waals surface area contributed by atoms with E-state index in [9.17, 15) is 13.2 Å². The standard InChI is InChI=1S/C15H22N2O4S.ClH/c1-17(12-7-9-16-11-12)15(18)8-10-21-13-3-5-14(6-4-13)22(2,19)20;/h3-6,12,16H,7-11H2,1-2H3;1H. The molecule has 1 aromatic rings. The molecule has 0 saturated carbocycles. The maximum absolute atomic E-state index is 12.0. The van der Waals surface area contributed by atoms with Crippen molar-refractivity contribution >= 4 is 28.2 Å². The Morgan fingerprint density at radius 1 is 1.35 bits per heavy atom. The van der Waals surface area contributed by atoms with Gasteiger partial charge in [-0.05, 0) is 37.2 Å². The van der Waals surface area contributed by atoms with Crippen molar-refractivity contribution in [2.45, 2.75) is 23.8 Å². The molecule has 1 atom stereocenters. The summed E-state index contributed by atoms with van der Waals surface area (Å²) in [6.45, 7) is 2.07. The summed E-state index contributed by atoms with van der Waals surface area (Å²) in [5.74, 6) is 0.617. The van der Waals surface area contributed by atoms with Crippen molar-refractivity contribution in [3.63, 3.8) is 0 Å². The van der Waals surface area contributed by atoms with E-state index in [1.165, 1.54) is 12.1 Å². The molecule has 6 nitrogen and oxygen atoms in total. The Hall–Kier alpha value is -1.31. The number of hydrogen-bond acceptors (Lipinski definition) is 5. The van der Waals surface area contributed by atoms with Crippen LogP contribution in [0.25, 0.3) is 0 Å². The van der Waals surface area contributed by atoms with Crippen molar-refractivity contribution in [1.29, 1.82) is 0 Å². The Morgan fingerprint density at radius 2 is 2.00 bits per heavy atom. The highest BCUT2D eigenvalue weighted by Gasteiger charge is 2.22. The highest BCUT2D eigenvalue weighted by Crippen LogP contribution is 2.16. The van der Waals surface area contributed by atoms with E-state index in [0.717, 1.165) is 25.8 Å². The van der Waals surface area contributed by atoms with Crippen LogP contribution in [0.4, 0.5) is 0 Å². The van der Waals surface area contributed by atoms with Gasteiger partial charge in [0.1, 0.15) is 5.75 Å². The van der Waals surface area contributed by atoms with E-state index in [-0.39, 0.29) is 35.9 Å². The third-order valence-electron chi connectivity index (χ3n) is 3.81. The van der Waals surface area contributed by atoms with Crippen LogP contribution in [0.15, 0.2) is 29.2 Å². The van der Waals surface area contributed by atoms with Crippen LogP contribution >= 0.6 is 12.4 Å². The fourth-order valence-electron chi connectivity index (χ4n) is 2.39. The number of likely N-dealkylation sites (N-methyl/N-ethyl adjacent to an activating group) is 1. The lowest BCUT2D eigenvalue weighted by Crippen LogP contribution is -2.38.